The Morgan fingerprint density at radius 3 is 2.43 bits per heavy atom. The van der Waals surface area contributed by atoms with E-state index in [1.807, 2.05) is 25.1 Å². The van der Waals surface area contributed by atoms with Gasteiger partial charge in [0.1, 0.15) is 18.3 Å². The molecule has 9 heteroatoms. The molecule has 35 heavy (non-hydrogen) atoms. The van der Waals surface area contributed by atoms with E-state index >= 15 is 0 Å². The topological polar surface area (TPSA) is 96.0 Å². The molecule has 0 aliphatic heterocycles. The van der Waals surface area contributed by atoms with Gasteiger partial charge in [-0.15, -0.1) is 0 Å². The fourth-order valence-electron chi connectivity index (χ4n) is 4.34. The van der Waals surface area contributed by atoms with Crippen molar-refractivity contribution in [3.8, 4) is 5.75 Å². The smallest absolute Gasteiger partial charge is 0.244 e. The van der Waals surface area contributed by atoms with Crippen LogP contribution in [-0.4, -0.2) is 57.1 Å². The number of rotatable bonds is 10. The summed E-state index contributed by atoms with van der Waals surface area (Å²) in [6, 6.07) is 13.6. The monoisotopic (exact) mass is 501 g/mol. The van der Waals surface area contributed by atoms with E-state index in [0.717, 1.165) is 47.4 Å². The third-order valence-electron chi connectivity index (χ3n) is 6.32. The Kier molecular flexibility index (Phi) is 8.77. The second kappa shape index (κ2) is 11.6. The van der Waals surface area contributed by atoms with Crippen LogP contribution in [0.4, 0.5) is 5.69 Å². The Morgan fingerprint density at radius 1 is 1.11 bits per heavy atom. The first-order valence-electron chi connectivity index (χ1n) is 11.9. The second-order valence-electron chi connectivity index (χ2n) is 9.15. The van der Waals surface area contributed by atoms with Gasteiger partial charge in [0.2, 0.25) is 21.8 Å². The number of sulfonamides is 1. The van der Waals surface area contributed by atoms with Crippen molar-refractivity contribution in [2.45, 2.75) is 58.2 Å². The van der Waals surface area contributed by atoms with Gasteiger partial charge in [-0.25, -0.2) is 8.42 Å². The van der Waals surface area contributed by atoms with Crippen LogP contribution in [0.3, 0.4) is 0 Å². The van der Waals surface area contributed by atoms with Gasteiger partial charge >= 0.3 is 0 Å². The highest BCUT2D eigenvalue weighted by Crippen LogP contribution is 2.22. The summed E-state index contributed by atoms with van der Waals surface area (Å²) in [6.07, 6.45) is 5.08. The van der Waals surface area contributed by atoms with Gasteiger partial charge in [0, 0.05) is 12.6 Å². The van der Waals surface area contributed by atoms with Gasteiger partial charge in [-0.05, 0) is 62.1 Å². The maximum absolute atomic E-state index is 13.6. The van der Waals surface area contributed by atoms with E-state index in [1.165, 1.54) is 4.90 Å². The lowest BCUT2D eigenvalue weighted by atomic mass is 10.1. The number of carbonyl (C=O) groups is 2. The molecule has 3 rings (SSSR count). The molecule has 0 spiro atoms. The Bertz CT molecular complexity index is 1150. The van der Waals surface area contributed by atoms with E-state index in [-0.39, 0.29) is 18.5 Å². The van der Waals surface area contributed by atoms with Crippen molar-refractivity contribution in [1.82, 2.24) is 10.2 Å². The summed E-state index contributed by atoms with van der Waals surface area (Å²) in [5.41, 5.74) is 2.06. The van der Waals surface area contributed by atoms with Crippen molar-refractivity contribution in [2.24, 2.45) is 0 Å². The predicted molar refractivity (Wildman–Crippen MR) is 137 cm³/mol. The van der Waals surface area contributed by atoms with Crippen LogP contribution in [-0.2, 0) is 26.2 Å². The molecule has 0 unspecified atom stereocenters. The number of aryl methyl sites for hydroxylation is 1. The number of hydrogen-bond donors (Lipinski definition) is 1. The molecule has 1 fully saturated rings. The van der Waals surface area contributed by atoms with Gasteiger partial charge in [-0.3, -0.25) is 13.9 Å². The molecule has 1 aliphatic rings. The second-order valence-corrected chi connectivity index (χ2v) is 11.1. The number of nitrogens with one attached hydrogen (secondary N) is 1. The van der Waals surface area contributed by atoms with Gasteiger partial charge in [-0.2, -0.15) is 0 Å². The largest absolute Gasteiger partial charge is 0.497 e. The molecule has 0 bridgehead atoms. The zero-order valence-electron chi connectivity index (χ0n) is 20.9. The lowest BCUT2D eigenvalue weighted by Crippen LogP contribution is -2.52. The van der Waals surface area contributed by atoms with Crippen LogP contribution in [0.15, 0.2) is 48.5 Å². The first kappa shape index (κ1) is 26.5. The van der Waals surface area contributed by atoms with Gasteiger partial charge in [0.05, 0.1) is 19.1 Å². The third-order valence-corrected chi connectivity index (χ3v) is 7.47. The summed E-state index contributed by atoms with van der Waals surface area (Å²) in [5.74, 6) is -0.0705. The molecular formula is C26H35N3O5S. The Labute approximate surface area is 208 Å². The predicted octanol–water partition coefficient (Wildman–Crippen LogP) is 3.25. The molecular weight excluding hydrogens is 466 g/mol. The molecule has 2 aromatic carbocycles. The van der Waals surface area contributed by atoms with E-state index in [9.17, 15) is 18.0 Å². The maximum Gasteiger partial charge on any atom is 0.244 e. The molecule has 8 nitrogen and oxygen atoms in total. The highest BCUT2D eigenvalue weighted by molar-refractivity contribution is 7.92. The number of benzene rings is 2. The summed E-state index contributed by atoms with van der Waals surface area (Å²) in [4.78, 5) is 28.1. The fourth-order valence-corrected chi connectivity index (χ4v) is 5.18. The normalized spacial score (nSPS) is 14.9. The number of ether oxygens (including phenoxy) is 1. The molecule has 0 aromatic heterocycles. The molecule has 1 saturated carbocycles. The van der Waals surface area contributed by atoms with E-state index in [4.69, 9.17) is 4.74 Å². The minimum atomic E-state index is -3.75. The SMILES string of the molecule is COc1cccc(CN(C(=O)CN(c2cccc(C)c2)S(C)(=O)=O)[C@@H](C)C(=O)NC2CCCC2)c1. The van der Waals surface area contributed by atoms with E-state index in [2.05, 4.69) is 5.32 Å². The Balaban J connectivity index is 1.89. The van der Waals surface area contributed by atoms with Crippen LogP contribution in [0.1, 0.15) is 43.7 Å². The van der Waals surface area contributed by atoms with Crippen molar-refractivity contribution in [3.05, 3.63) is 59.7 Å². The standard InChI is InChI=1S/C26H35N3O5S/c1-19-9-7-13-23(15-19)29(35(4,32)33)18-25(30)28(17-21-10-8-14-24(16-21)34-3)20(2)26(31)27-22-11-5-6-12-22/h7-10,13-16,20,22H,5-6,11-12,17-18H2,1-4H3,(H,27,31)/t20-/m0/s1. The van der Waals surface area contributed by atoms with Crippen molar-refractivity contribution in [1.29, 1.82) is 0 Å². The molecule has 1 aliphatic carbocycles. The molecule has 0 heterocycles. The molecule has 2 aromatic rings. The van der Waals surface area contributed by atoms with Crippen LogP contribution in [0.2, 0.25) is 0 Å². The van der Waals surface area contributed by atoms with Gasteiger partial charge in [-0.1, -0.05) is 37.1 Å². The average molecular weight is 502 g/mol. The van der Waals surface area contributed by atoms with Crippen molar-refractivity contribution in [3.63, 3.8) is 0 Å². The number of carbonyl (C=O) groups excluding carboxylic acids is 2. The van der Waals surface area contributed by atoms with E-state index < -0.39 is 28.5 Å². The first-order chi connectivity index (χ1) is 16.6. The summed E-state index contributed by atoms with van der Waals surface area (Å²) < 4.78 is 31.7. The van der Waals surface area contributed by atoms with E-state index in [0.29, 0.717) is 11.4 Å². The molecule has 2 amide bonds. The first-order valence-corrected chi connectivity index (χ1v) is 13.7. The Hall–Kier alpha value is -3.07. The quantitative estimate of drug-likeness (QED) is 0.539. The minimum absolute atomic E-state index is 0.110. The van der Waals surface area contributed by atoms with Gasteiger partial charge < -0.3 is 15.0 Å². The summed E-state index contributed by atoms with van der Waals surface area (Å²) in [7, 11) is -2.19. The van der Waals surface area contributed by atoms with Crippen LogP contribution >= 0.6 is 0 Å². The highest BCUT2D eigenvalue weighted by Gasteiger charge is 2.31. The highest BCUT2D eigenvalue weighted by atomic mass is 32.2. The molecule has 1 N–H and O–H groups in total. The third kappa shape index (κ3) is 7.21. The van der Waals surface area contributed by atoms with Gasteiger partial charge in [0.15, 0.2) is 0 Å². The summed E-state index contributed by atoms with van der Waals surface area (Å²) in [5, 5.41) is 3.06. The number of methoxy groups -OCH3 is 1. The molecule has 0 saturated heterocycles. The number of amides is 2. The van der Waals surface area contributed by atoms with Crippen LogP contribution in [0.25, 0.3) is 0 Å². The van der Waals surface area contributed by atoms with Crippen molar-refractivity contribution < 1.29 is 22.7 Å². The lowest BCUT2D eigenvalue weighted by Gasteiger charge is -2.32. The van der Waals surface area contributed by atoms with Crippen LogP contribution in [0, 0.1) is 6.92 Å². The zero-order valence-corrected chi connectivity index (χ0v) is 21.7. The lowest BCUT2D eigenvalue weighted by molar-refractivity contribution is -0.139. The number of hydrogen-bond acceptors (Lipinski definition) is 5. The minimum Gasteiger partial charge on any atom is -0.497 e. The molecule has 190 valence electrons. The number of nitrogens with zero attached hydrogens (tertiary/aromatic N) is 2. The fraction of sp³-hybridized carbons (Fsp3) is 0.462. The number of anilines is 1. The maximum atomic E-state index is 13.6. The zero-order chi connectivity index (χ0) is 25.6. The van der Waals surface area contributed by atoms with Crippen LogP contribution < -0.4 is 14.4 Å². The van der Waals surface area contributed by atoms with Gasteiger partial charge in [0.25, 0.3) is 0 Å². The molecule has 1 atom stereocenters. The van der Waals surface area contributed by atoms with E-state index in [1.54, 1.807) is 44.4 Å². The average Bonchev–Trinajstić information content (AvgIpc) is 3.32. The van der Waals surface area contributed by atoms with Crippen molar-refractivity contribution >= 4 is 27.5 Å². The van der Waals surface area contributed by atoms with Crippen molar-refractivity contribution in [2.75, 3.05) is 24.2 Å². The Morgan fingerprint density at radius 2 is 1.80 bits per heavy atom. The van der Waals surface area contributed by atoms with Crippen LogP contribution in [0.5, 0.6) is 5.75 Å². The summed E-state index contributed by atoms with van der Waals surface area (Å²) in [6.45, 7) is 3.27. The summed E-state index contributed by atoms with van der Waals surface area (Å²) >= 11 is 0. The molecule has 0 radical (unpaired) electrons.